The molecule has 5 nitrogen and oxygen atoms in total. The molecule has 0 bridgehead atoms. The summed E-state index contributed by atoms with van der Waals surface area (Å²) in [6.45, 7) is 5.08. The van der Waals surface area contributed by atoms with E-state index in [-0.39, 0.29) is 13.4 Å². The topological polar surface area (TPSA) is 60.0 Å². The van der Waals surface area contributed by atoms with E-state index in [1.165, 1.54) is 0 Å². The molecule has 2 N–H and O–H groups in total. The van der Waals surface area contributed by atoms with Crippen molar-refractivity contribution >= 4 is 0 Å². The number of aliphatic hydroxyl groups is 1. The number of hydrogen-bond acceptors (Lipinski definition) is 5. The van der Waals surface area contributed by atoms with Gasteiger partial charge in [-0.05, 0) is 12.1 Å². The lowest BCUT2D eigenvalue weighted by atomic mass is 10.3. The van der Waals surface area contributed by atoms with Crippen LogP contribution in [0.1, 0.15) is 13.8 Å². The minimum absolute atomic E-state index is 0.249. The normalized spacial score (nSPS) is 14.9. The van der Waals surface area contributed by atoms with Crippen LogP contribution >= 0.6 is 0 Å². The van der Waals surface area contributed by atoms with E-state index in [1.54, 1.807) is 18.2 Å². The molecule has 0 saturated carbocycles. The molecule has 0 saturated heterocycles. The van der Waals surface area contributed by atoms with Gasteiger partial charge in [0.2, 0.25) is 6.79 Å². The van der Waals surface area contributed by atoms with E-state index in [0.29, 0.717) is 24.1 Å². The number of rotatable bonds is 6. The van der Waals surface area contributed by atoms with Gasteiger partial charge < -0.3 is 24.6 Å². The first-order chi connectivity index (χ1) is 8.65. The van der Waals surface area contributed by atoms with Gasteiger partial charge in [0.05, 0.1) is 0 Å². The molecule has 1 atom stereocenters. The summed E-state index contributed by atoms with van der Waals surface area (Å²) in [4.78, 5) is 0. The first-order valence-electron chi connectivity index (χ1n) is 6.09. The maximum absolute atomic E-state index is 9.71. The zero-order chi connectivity index (χ0) is 13.0. The second-order valence-corrected chi connectivity index (χ2v) is 4.54. The Hall–Kier alpha value is -1.46. The average Bonchev–Trinajstić information content (AvgIpc) is 2.81. The number of hydrogen-bond donors (Lipinski definition) is 2. The van der Waals surface area contributed by atoms with Gasteiger partial charge in [0.1, 0.15) is 18.5 Å². The fraction of sp³-hybridized carbons (Fsp3) is 0.538. The third-order valence-electron chi connectivity index (χ3n) is 2.55. The summed E-state index contributed by atoms with van der Waals surface area (Å²) in [5.41, 5.74) is 0. The van der Waals surface area contributed by atoms with Crippen LogP contribution in [0.4, 0.5) is 0 Å². The molecule has 18 heavy (non-hydrogen) atoms. The zero-order valence-corrected chi connectivity index (χ0v) is 10.7. The van der Waals surface area contributed by atoms with Crippen LogP contribution in [0.15, 0.2) is 18.2 Å². The zero-order valence-electron chi connectivity index (χ0n) is 10.7. The Kier molecular flexibility index (Phi) is 4.28. The van der Waals surface area contributed by atoms with Crippen molar-refractivity contribution in [2.45, 2.75) is 26.0 Å². The molecular formula is C13H19NO4. The third kappa shape index (κ3) is 3.51. The van der Waals surface area contributed by atoms with Gasteiger partial charge in [-0.2, -0.15) is 0 Å². The highest BCUT2D eigenvalue weighted by Crippen LogP contribution is 2.35. The predicted octanol–water partition coefficient (Wildman–Crippen LogP) is 1.15. The molecule has 2 rings (SSSR count). The van der Waals surface area contributed by atoms with Crippen molar-refractivity contribution in [2.24, 2.45) is 0 Å². The monoisotopic (exact) mass is 253 g/mol. The third-order valence-corrected chi connectivity index (χ3v) is 2.55. The predicted molar refractivity (Wildman–Crippen MR) is 67.2 cm³/mol. The van der Waals surface area contributed by atoms with E-state index in [2.05, 4.69) is 5.32 Å². The summed E-state index contributed by atoms with van der Waals surface area (Å²) in [5, 5.41) is 12.9. The maximum atomic E-state index is 9.71. The van der Waals surface area contributed by atoms with Gasteiger partial charge in [0.15, 0.2) is 11.5 Å². The molecule has 100 valence electrons. The van der Waals surface area contributed by atoms with Gasteiger partial charge in [-0.15, -0.1) is 0 Å². The number of fused-ring (bicyclic) bond motifs is 1. The fourth-order valence-corrected chi connectivity index (χ4v) is 1.59. The molecule has 0 amide bonds. The van der Waals surface area contributed by atoms with E-state index in [0.717, 1.165) is 5.75 Å². The van der Waals surface area contributed by atoms with Crippen LogP contribution in [-0.2, 0) is 0 Å². The van der Waals surface area contributed by atoms with Crippen molar-refractivity contribution < 1.29 is 19.3 Å². The molecule has 1 aromatic carbocycles. The molecule has 0 aromatic heterocycles. The lowest BCUT2D eigenvalue weighted by Gasteiger charge is -2.15. The van der Waals surface area contributed by atoms with Crippen LogP contribution in [0.3, 0.4) is 0 Å². The second kappa shape index (κ2) is 5.93. The smallest absolute Gasteiger partial charge is 0.231 e. The number of ether oxygens (including phenoxy) is 3. The quantitative estimate of drug-likeness (QED) is 0.796. The molecule has 5 heteroatoms. The second-order valence-electron chi connectivity index (χ2n) is 4.54. The van der Waals surface area contributed by atoms with Crippen LogP contribution in [0.25, 0.3) is 0 Å². The summed E-state index contributed by atoms with van der Waals surface area (Å²) in [6, 6.07) is 5.72. The summed E-state index contributed by atoms with van der Waals surface area (Å²) in [7, 11) is 0. The van der Waals surface area contributed by atoms with Gasteiger partial charge in [-0.3, -0.25) is 0 Å². The Bertz CT molecular complexity index is 395. The fourth-order valence-electron chi connectivity index (χ4n) is 1.59. The highest BCUT2D eigenvalue weighted by Gasteiger charge is 2.14. The Labute approximate surface area is 107 Å². The van der Waals surface area contributed by atoms with E-state index in [4.69, 9.17) is 14.2 Å². The summed E-state index contributed by atoms with van der Waals surface area (Å²) in [6.07, 6.45) is -0.530. The molecule has 0 spiro atoms. The van der Waals surface area contributed by atoms with Crippen LogP contribution in [-0.4, -0.2) is 37.2 Å². The lowest BCUT2D eigenvalue weighted by molar-refractivity contribution is 0.104. The van der Waals surface area contributed by atoms with Crippen LogP contribution in [0.5, 0.6) is 17.2 Å². The summed E-state index contributed by atoms with van der Waals surface area (Å²) < 4.78 is 16.0. The van der Waals surface area contributed by atoms with Crippen LogP contribution in [0, 0.1) is 0 Å². The van der Waals surface area contributed by atoms with Gasteiger partial charge in [0.25, 0.3) is 0 Å². The highest BCUT2D eigenvalue weighted by molar-refractivity contribution is 5.46. The molecule has 1 aliphatic heterocycles. The van der Waals surface area contributed by atoms with Gasteiger partial charge in [-0.1, -0.05) is 13.8 Å². The Morgan fingerprint density at radius 2 is 2.11 bits per heavy atom. The highest BCUT2D eigenvalue weighted by atomic mass is 16.7. The summed E-state index contributed by atoms with van der Waals surface area (Å²) >= 11 is 0. The molecule has 1 aliphatic rings. The Balaban J connectivity index is 1.79. The largest absolute Gasteiger partial charge is 0.491 e. The van der Waals surface area contributed by atoms with E-state index in [1.807, 2.05) is 13.8 Å². The van der Waals surface area contributed by atoms with Crippen molar-refractivity contribution in [1.82, 2.24) is 5.32 Å². The van der Waals surface area contributed by atoms with E-state index < -0.39 is 6.10 Å². The van der Waals surface area contributed by atoms with Crippen molar-refractivity contribution in [3.63, 3.8) is 0 Å². The van der Waals surface area contributed by atoms with Crippen molar-refractivity contribution in [2.75, 3.05) is 19.9 Å². The van der Waals surface area contributed by atoms with Gasteiger partial charge in [-0.25, -0.2) is 0 Å². The standard InChI is InChI=1S/C13H19NO4/c1-9(2)14-6-10(15)7-16-11-3-4-12-13(5-11)18-8-17-12/h3-5,9-10,14-15H,6-8H2,1-2H3/t10-/m1/s1. The van der Waals surface area contributed by atoms with E-state index >= 15 is 0 Å². The van der Waals surface area contributed by atoms with Crippen molar-refractivity contribution in [3.8, 4) is 17.2 Å². The van der Waals surface area contributed by atoms with Gasteiger partial charge >= 0.3 is 0 Å². The molecule has 1 heterocycles. The summed E-state index contributed by atoms with van der Waals surface area (Å²) in [5.74, 6) is 2.08. The SMILES string of the molecule is CC(C)NC[C@@H](O)COc1ccc2c(c1)OCO2. The van der Waals surface area contributed by atoms with Crippen LogP contribution in [0.2, 0.25) is 0 Å². The number of benzene rings is 1. The number of nitrogens with one attached hydrogen (secondary N) is 1. The lowest BCUT2D eigenvalue weighted by Crippen LogP contribution is -2.35. The van der Waals surface area contributed by atoms with Crippen LogP contribution < -0.4 is 19.5 Å². The Morgan fingerprint density at radius 1 is 1.33 bits per heavy atom. The van der Waals surface area contributed by atoms with Crippen molar-refractivity contribution in [3.05, 3.63) is 18.2 Å². The first kappa shape index (κ1) is 13.0. The molecular weight excluding hydrogens is 234 g/mol. The van der Waals surface area contributed by atoms with Crippen molar-refractivity contribution in [1.29, 1.82) is 0 Å². The molecule has 1 aromatic rings. The number of aliphatic hydroxyl groups excluding tert-OH is 1. The van der Waals surface area contributed by atoms with E-state index in [9.17, 15) is 5.11 Å². The molecule has 0 radical (unpaired) electrons. The average molecular weight is 253 g/mol. The minimum Gasteiger partial charge on any atom is -0.491 e. The molecule has 0 unspecified atom stereocenters. The molecule has 0 aliphatic carbocycles. The maximum Gasteiger partial charge on any atom is 0.231 e. The minimum atomic E-state index is -0.530. The molecule has 0 fully saturated rings. The Morgan fingerprint density at radius 3 is 2.89 bits per heavy atom. The first-order valence-corrected chi connectivity index (χ1v) is 6.09. The van der Waals surface area contributed by atoms with Gasteiger partial charge in [0, 0.05) is 18.7 Å².